The topological polar surface area (TPSA) is 64.4 Å². The van der Waals surface area contributed by atoms with Crippen LogP contribution < -0.4 is 10.1 Å². The summed E-state index contributed by atoms with van der Waals surface area (Å²) in [6.45, 7) is 1.93. The number of aryl methyl sites for hydroxylation is 1. The van der Waals surface area contributed by atoms with Gasteiger partial charge in [0, 0.05) is 11.3 Å². The molecule has 0 atom stereocenters. The Morgan fingerprint density at radius 1 is 0.848 bits per heavy atom. The van der Waals surface area contributed by atoms with Crippen LogP contribution in [0.15, 0.2) is 101 Å². The van der Waals surface area contributed by atoms with Crippen molar-refractivity contribution in [2.45, 2.75) is 6.92 Å². The Hall–Kier alpha value is -4.38. The number of carbonyl (C=O) groups is 1. The van der Waals surface area contributed by atoms with E-state index in [9.17, 15) is 4.79 Å². The fourth-order valence-electron chi connectivity index (χ4n) is 3.54. The Morgan fingerprint density at radius 2 is 1.55 bits per heavy atom. The van der Waals surface area contributed by atoms with Gasteiger partial charge in [-0.2, -0.15) is 0 Å². The first-order valence-electron chi connectivity index (χ1n) is 10.7. The molecular formula is C28H22N2O3. The van der Waals surface area contributed by atoms with Gasteiger partial charge in [0.25, 0.3) is 5.91 Å². The molecule has 1 amide bonds. The molecule has 0 saturated carbocycles. The van der Waals surface area contributed by atoms with Gasteiger partial charge in [-0.05, 0) is 60.5 Å². The van der Waals surface area contributed by atoms with Crippen molar-refractivity contribution in [2.75, 3.05) is 11.9 Å². The summed E-state index contributed by atoms with van der Waals surface area (Å²) in [6.07, 6.45) is 0. The van der Waals surface area contributed by atoms with Crippen LogP contribution in [0, 0.1) is 6.92 Å². The number of ether oxygens (including phenoxy) is 1. The normalized spacial score (nSPS) is 10.8. The number of hydrogen-bond donors (Lipinski definition) is 1. The van der Waals surface area contributed by atoms with Crippen LogP contribution in [0.5, 0.6) is 5.75 Å². The number of nitrogens with zero attached hydrogens (tertiary/aromatic N) is 1. The van der Waals surface area contributed by atoms with E-state index in [0.717, 1.165) is 22.3 Å². The average molecular weight is 434 g/mol. The number of benzene rings is 4. The SMILES string of the molecule is Cc1ccc(OCC(=O)Nc2ccc3oc(-c4ccc(-c5ccccc5)cc4)nc3c2)cc1. The van der Waals surface area contributed by atoms with Gasteiger partial charge in [0.1, 0.15) is 11.3 Å². The Labute approximate surface area is 191 Å². The number of anilines is 1. The molecule has 162 valence electrons. The number of aromatic nitrogens is 1. The second kappa shape index (κ2) is 9.01. The number of carbonyl (C=O) groups excluding carboxylic acids is 1. The van der Waals surface area contributed by atoms with Crippen molar-refractivity contribution >= 4 is 22.7 Å². The second-order valence-corrected chi connectivity index (χ2v) is 7.79. The van der Waals surface area contributed by atoms with Crippen LogP contribution in [0.3, 0.4) is 0 Å². The molecule has 33 heavy (non-hydrogen) atoms. The van der Waals surface area contributed by atoms with E-state index in [1.165, 1.54) is 0 Å². The van der Waals surface area contributed by atoms with Gasteiger partial charge in [-0.1, -0.05) is 60.2 Å². The Balaban J connectivity index is 1.27. The van der Waals surface area contributed by atoms with Crippen LogP contribution in [0.25, 0.3) is 33.7 Å². The molecular weight excluding hydrogens is 412 g/mol. The van der Waals surface area contributed by atoms with Crippen LogP contribution >= 0.6 is 0 Å². The largest absolute Gasteiger partial charge is 0.484 e. The third-order valence-electron chi connectivity index (χ3n) is 5.30. The van der Waals surface area contributed by atoms with Crippen LogP contribution in [-0.2, 0) is 4.79 Å². The van der Waals surface area contributed by atoms with Gasteiger partial charge in [0.05, 0.1) is 0 Å². The smallest absolute Gasteiger partial charge is 0.262 e. The van der Waals surface area contributed by atoms with Crippen LogP contribution in [-0.4, -0.2) is 17.5 Å². The van der Waals surface area contributed by atoms with Crippen molar-refractivity contribution in [1.29, 1.82) is 0 Å². The third kappa shape index (κ3) is 4.77. The Bertz CT molecular complexity index is 1390. The fourth-order valence-corrected chi connectivity index (χ4v) is 3.54. The predicted molar refractivity (Wildman–Crippen MR) is 130 cm³/mol. The molecule has 5 heteroatoms. The zero-order valence-corrected chi connectivity index (χ0v) is 18.1. The van der Waals surface area contributed by atoms with E-state index >= 15 is 0 Å². The van der Waals surface area contributed by atoms with Crippen molar-refractivity contribution < 1.29 is 13.9 Å². The maximum atomic E-state index is 12.3. The monoisotopic (exact) mass is 434 g/mol. The standard InChI is InChI=1S/C28H22N2O3/c1-19-7-14-24(15-8-19)32-18-27(31)29-23-13-16-26-25(17-23)30-28(33-26)22-11-9-21(10-12-22)20-5-3-2-4-6-20/h2-17H,18H2,1H3,(H,29,31). The third-order valence-corrected chi connectivity index (χ3v) is 5.30. The minimum Gasteiger partial charge on any atom is -0.484 e. The molecule has 0 unspecified atom stereocenters. The Morgan fingerprint density at radius 3 is 2.30 bits per heavy atom. The molecule has 0 fully saturated rings. The highest BCUT2D eigenvalue weighted by atomic mass is 16.5. The molecule has 0 aliphatic rings. The molecule has 5 aromatic rings. The first-order chi connectivity index (χ1) is 16.1. The molecule has 1 aromatic heterocycles. The van der Waals surface area contributed by atoms with Crippen molar-refractivity contribution in [3.63, 3.8) is 0 Å². The first-order valence-corrected chi connectivity index (χ1v) is 10.7. The van der Waals surface area contributed by atoms with Crippen molar-refractivity contribution in [3.8, 4) is 28.3 Å². The van der Waals surface area contributed by atoms with Crippen LogP contribution in [0.4, 0.5) is 5.69 Å². The maximum Gasteiger partial charge on any atom is 0.262 e. The lowest BCUT2D eigenvalue weighted by molar-refractivity contribution is -0.118. The molecule has 0 aliphatic carbocycles. The lowest BCUT2D eigenvalue weighted by atomic mass is 10.0. The molecule has 1 N–H and O–H groups in total. The summed E-state index contributed by atoms with van der Waals surface area (Å²) in [4.78, 5) is 16.9. The molecule has 0 radical (unpaired) electrons. The highest BCUT2D eigenvalue weighted by Crippen LogP contribution is 2.28. The predicted octanol–water partition coefficient (Wildman–Crippen LogP) is 6.49. The van der Waals surface area contributed by atoms with E-state index in [-0.39, 0.29) is 12.5 Å². The van der Waals surface area contributed by atoms with E-state index in [0.29, 0.717) is 28.4 Å². The van der Waals surface area contributed by atoms with E-state index in [2.05, 4.69) is 34.6 Å². The van der Waals surface area contributed by atoms with E-state index < -0.39 is 0 Å². The highest BCUT2D eigenvalue weighted by molar-refractivity contribution is 5.94. The van der Waals surface area contributed by atoms with Gasteiger partial charge >= 0.3 is 0 Å². The minimum atomic E-state index is -0.241. The summed E-state index contributed by atoms with van der Waals surface area (Å²) >= 11 is 0. The molecule has 5 nitrogen and oxygen atoms in total. The average Bonchev–Trinajstić information content (AvgIpc) is 3.28. The number of nitrogens with one attached hydrogen (secondary N) is 1. The summed E-state index contributed by atoms with van der Waals surface area (Å²) in [5.74, 6) is 0.955. The van der Waals surface area contributed by atoms with Gasteiger partial charge in [-0.15, -0.1) is 0 Å². The lowest BCUT2D eigenvalue weighted by Gasteiger charge is -2.07. The second-order valence-electron chi connectivity index (χ2n) is 7.79. The molecule has 0 bridgehead atoms. The summed E-state index contributed by atoms with van der Waals surface area (Å²) < 4.78 is 11.5. The fraction of sp³-hybridized carbons (Fsp3) is 0.0714. The van der Waals surface area contributed by atoms with Gasteiger partial charge in [0.2, 0.25) is 5.89 Å². The van der Waals surface area contributed by atoms with Gasteiger partial charge in [-0.3, -0.25) is 4.79 Å². The van der Waals surface area contributed by atoms with Gasteiger partial charge in [0.15, 0.2) is 12.2 Å². The highest BCUT2D eigenvalue weighted by Gasteiger charge is 2.11. The number of rotatable bonds is 6. The molecule has 5 rings (SSSR count). The summed E-state index contributed by atoms with van der Waals surface area (Å²) in [7, 11) is 0. The number of hydrogen-bond acceptors (Lipinski definition) is 4. The molecule has 0 saturated heterocycles. The molecule has 1 heterocycles. The number of amides is 1. The number of fused-ring (bicyclic) bond motifs is 1. The van der Waals surface area contributed by atoms with E-state index in [1.54, 1.807) is 18.2 Å². The van der Waals surface area contributed by atoms with Gasteiger partial charge < -0.3 is 14.5 Å². The van der Waals surface area contributed by atoms with Crippen LogP contribution in [0.1, 0.15) is 5.56 Å². The summed E-state index contributed by atoms with van der Waals surface area (Å²) in [5, 5.41) is 2.84. The van der Waals surface area contributed by atoms with Gasteiger partial charge in [-0.25, -0.2) is 4.98 Å². The first kappa shape index (κ1) is 20.5. The Kier molecular flexibility index (Phi) is 5.60. The van der Waals surface area contributed by atoms with Crippen molar-refractivity contribution in [3.05, 3.63) is 103 Å². The molecule has 0 spiro atoms. The van der Waals surface area contributed by atoms with E-state index in [4.69, 9.17) is 9.15 Å². The van der Waals surface area contributed by atoms with Crippen molar-refractivity contribution in [2.24, 2.45) is 0 Å². The zero-order valence-electron chi connectivity index (χ0n) is 18.1. The summed E-state index contributed by atoms with van der Waals surface area (Å²) in [5.41, 5.74) is 6.29. The van der Waals surface area contributed by atoms with Crippen molar-refractivity contribution in [1.82, 2.24) is 4.98 Å². The zero-order chi connectivity index (χ0) is 22.6. The molecule has 0 aliphatic heterocycles. The maximum absolute atomic E-state index is 12.3. The summed E-state index contributed by atoms with van der Waals surface area (Å²) in [6, 6.07) is 31.3. The number of oxazole rings is 1. The van der Waals surface area contributed by atoms with Crippen LogP contribution in [0.2, 0.25) is 0 Å². The minimum absolute atomic E-state index is 0.0705. The molecule has 4 aromatic carbocycles. The van der Waals surface area contributed by atoms with E-state index in [1.807, 2.05) is 61.5 Å². The quantitative estimate of drug-likeness (QED) is 0.332. The lowest BCUT2D eigenvalue weighted by Crippen LogP contribution is -2.20.